The molecule has 2 aromatic carbocycles. The summed E-state index contributed by atoms with van der Waals surface area (Å²) in [6.07, 6.45) is 2.08. The Hall–Kier alpha value is -0.700. The van der Waals surface area contributed by atoms with Gasteiger partial charge in [-0.05, 0) is 35.7 Å². The first-order valence-electron chi connectivity index (χ1n) is 7.60. The van der Waals surface area contributed by atoms with E-state index in [-0.39, 0.29) is 0 Å². The van der Waals surface area contributed by atoms with Crippen molar-refractivity contribution in [2.75, 3.05) is 31.2 Å². The first-order valence-corrected chi connectivity index (χ1v) is 10.2. The summed E-state index contributed by atoms with van der Waals surface area (Å²) in [6, 6.07) is 14.5. The van der Waals surface area contributed by atoms with Crippen LogP contribution in [0.4, 0.5) is 5.69 Å². The van der Waals surface area contributed by atoms with Gasteiger partial charge in [-0.3, -0.25) is 0 Å². The van der Waals surface area contributed by atoms with E-state index >= 15 is 0 Å². The maximum atomic E-state index is 5.44. The van der Waals surface area contributed by atoms with Crippen LogP contribution in [-0.2, 0) is 4.74 Å². The third-order valence-corrected chi connectivity index (χ3v) is 5.40. The van der Waals surface area contributed by atoms with Crippen LogP contribution in [0.2, 0.25) is 0 Å². The monoisotopic (exact) mass is 517 g/mol. The van der Waals surface area contributed by atoms with Crippen LogP contribution in [0.3, 0.4) is 0 Å². The number of para-hydroxylation sites is 1. The molecule has 3 nitrogen and oxygen atoms in total. The zero-order valence-corrected chi connectivity index (χ0v) is 17.5. The first kappa shape index (κ1) is 18.1. The van der Waals surface area contributed by atoms with Crippen molar-refractivity contribution in [1.82, 2.24) is 0 Å². The second kappa shape index (κ2) is 9.12. The van der Waals surface area contributed by atoms with Gasteiger partial charge >= 0.3 is 0 Å². The second-order valence-corrected chi connectivity index (χ2v) is 7.62. The Morgan fingerprint density at radius 3 is 2.75 bits per heavy atom. The topological polar surface area (TPSA) is 21.7 Å². The fourth-order valence-electron chi connectivity index (χ4n) is 2.49. The summed E-state index contributed by atoms with van der Waals surface area (Å²) < 4.78 is 11.9. The predicted octanol–water partition coefficient (Wildman–Crippen LogP) is 5.78. The number of hydrogen-bond acceptors (Lipinski definition) is 4. The maximum Gasteiger partial charge on any atom is 0.192 e. The van der Waals surface area contributed by atoms with Gasteiger partial charge in [0.25, 0.3) is 0 Å². The molecule has 1 heterocycles. The fourth-order valence-corrected chi connectivity index (χ4v) is 4.28. The quantitative estimate of drug-likeness (QED) is 0.370. The number of morpholine rings is 1. The minimum absolute atomic E-state index is 0.794. The molecule has 24 heavy (non-hydrogen) atoms. The molecule has 0 radical (unpaired) electrons. The molecule has 0 unspecified atom stereocenters. The average Bonchev–Trinajstić information content (AvgIpc) is 2.62. The molecule has 3 rings (SSSR count). The molecule has 0 bridgehead atoms. The number of hydrogen-bond donors (Lipinski definition) is 0. The summed E-state index contributed by atoms with van der Waals surface area (Å²) in [7, 11) is 0. The van der Waals surface area contributed by atoms with E-state index in [0.717, 1.165) is 42.1 Å². The van der Waals surface area contributed by atoms with Crippen LogP contribution in [-0.4, -0.2) is 26.3 Å². The molecule has 1 aliphatic heterocycles. The van der Waals surface area contributed by atoms with Gasteiger partial charge in [-0.1, -0.05) is 45.9 Å². The van der Waals surface area contributed by atoms with Crippen LogP contribution in [0.1, 0.15) is 5.56 Å². The van der Waals surface area contributed by atoms with E-state index in [1.54, 1.807) is 11.8 Å². The van der Waals surface area contributed by atoms with Crippen LogP contribution in [0.5, 0.6) is 5.75 Å². The number of ether oxygens (including phenoxy) is 1. The zero-order chi connectivity index (χ0) is 16.8. The third-order valence-electron chi connectivity index (χ3n) is 3.69. The van der Waals surface area contributed by atoms with Crippen LogP contribution >= 0.6 is 50.7 Å². The molecule has 1 saturated heterocycles. The van der Waals surface area contributed by atoms with Gasteiger partial charge in [0, 0.05) is 33.7 Å². The van der Waals surface area contributed by atoms with Crippen molar-refractivity contribution in [3.05, 3.63) is 57.9 Å². The molecule has 0 saturated carbocycles. The van der Waals surface area contributed by atoms with Crippen molar-refractivity contribution in [3.8, 4) is 5.75 Å². The standard InChI is InChI=1S/C18H17BrINO2S/c19-15-11-16(21-6-8-22-9-7-21)13-17(12-15)24-10-5-14-3-1-2-4-18(14)23-20/h1-5,10-13H,6-9H2/b10-5+. The summed E-state index contributed by atoms with van der Waals surface area (Å²) in [4.78, 5) is 3.57. The van der Waals surface area contributed by atoms with E-state index in [4.69, 9.17) is 7.80 Å². The van der Waals surface area contributed by atoms with Crippen LogP contribution in [0.15, 0.2) is 57.2 Å². The Labute approximate surface area is 169 Å². The van der Waals surface area contributed by atoms with Crippen molar-refractivity contribution >= 4 is 62.5 Å². The average molecular weight is 518 g/mol. The number of nitrogens with zero attached hydrogens (tertiary/aromatic N) is 1. The van der Waals surface area contributed by atoms with Crippen LogP contribution in [0, 0.1) is 0 Å². The summed E-state index contributed by atoms with van der Waals surface area (Å²) >= 11 is 7.24. The van der Waals surface area contributed by atoms with E-state index in [1.807, 2.05) is 47.3 Å². The minimum Gasteiger partial charge on any atom is -0.427 e. The number of rotatable bonds is 5. The van der Waals surface area contributed by atoms with Crippen LogP contribution < -0.4 is 7.97 Å². The number of benzene rings is 2. The van der Waals surface area contributed by atoms with Gasteiger partial charge in [0.1, 0.15) is 5.75 Å². The maximum absolute atomic E-state index is 5.44. The third kappa shape index (κ3) is 4.91. The summed E-state index contributed by atoms with van der Waals surface area (Å²) in [5.74, 6) is 0.873. The predicted molar refractivity (Wildman–Crippen MR) is 113 cm³/mol. The van der Waals surface area contributed by atoms with Gasteiger partial charge in [0.15, 0.2) is 23.0 Å². The minimum atomic E-state index is 0.794. The SMILES string of the molecule is Brc1cc(S/C=C/c2ccccc2OI)cc(N2CCOCC2)c1. The molecule has 0 aromatic heterocycles. The highest BCUT2D eigenvalue weighted by atomic mass is 127. The van der Waals surface area contributed by atoms with Gasteiger partial charge < -0.3 is 12.7 Å². The number of anilines is 1. The van der Waals surface area contributed by atoms with E-state index in [2.05, 4.69) is 50.5 Å². The Kier molecular flexibility index (Phi) is 6.88. The highest BCUT2D eigenvalue weighted by molar-refractivity contribution is 14.1. The number of halogens is 2. The first-order chi connectivity index (χ1) is 11.8. The van der Waals surface area contributed by atoms with Crippen molar-refractivity contribution in [2.24, 2.45) is 0 Å². The smallest absolute Gasteiger partial charge is 0.192 e. The number of thioether (sulfide) groups is 1. The summed E-state index contributed by atoms with van der Waals surface area (Å²) in [6.45, 7) is 3.47. The van der Waals surface area contributed by atoms with Crippen molar-refractivity contribution < 1.29 is 7.80 Å². The van der Waals surface area contributed by atoms with Crippen molar-refractivity contribution in [3.63, 3.8) is 0 Å². The molecule has 1 aliphatic rings. The largest absolute Gasteiger partial charge is 0.427 e. The highest BCUT2D eigenvalue weighted by Crippen LogP contribution is 2.31. The second-order valence-electron chi connectivity index (χ2n) is 5.28. The van der Waals surface area contributed by atoms with Crippen molar-refractivity contribution in [1.29, 1.82) is 0 Å². The lowest BCUT2D eigenvalue weighted by molar-refractivity contribution is 0.122. The molecule has 0 spiro atoms. The molecule has 2 aromatic rings. The normalized spacial score (nSPS) is 15.0. The molecule has 126 valence electrons. The van der Waals surface area contributed by atoms with E-state index in [1.165, 1.54) is 10.6 Å². The molecule has 1 fully saturated rings. The zero-order valence-electron chi connectivity index (χ0n) is 13.0. The molecule has 0 amide bonds. The molecular formula is C18H17BrINO2S. The molecule has 0 N–H and O–H groups in total. The molecule has 0 aliphatic carbocycles. The van der Waals surface area contributed by atoms with E-state index < -0.39 is 0 Å². The Morgan fingerprint density at radius 1 is 1.17 bits per heavy atom. The van der Waals surface area contributed by atoms with Gasteiger partial charge in [0.2, 0.25) is 0 Å². The van der Waals surface area contributed by atoms with Gasteiger partial charge in [-0.15, -0.1) is 0 Å². The molecule has 6 heteroatoms. The lowest BCUT2D eigenvalue weighted by Gasteiger charge is -2.29. The summed E-state index contributed by atoms with van der Waals surface area (Å²) in [5, 5.41) is 2.10. The Bertz CT molecular complexity index is 720. The Balaban J connectivity index is 1.72. The summed E-state index contributed by atoms with van der Waals surface area (Å²) in [5.41, 5.74) is 2.31. The molecular weight excluding hydrogens is 501 g/mol. The molecule has 0 atom stereocenters. The van der Waals surface area contributed by atoms with Crippen molar-refractivity contribution in [2.45, 2.75) is 4.90 Å². The van der Waals surface area contributed by atoms with E-state index in [0.29, 0.717) is 0 Å². The fraction of sp³-hybridized carbons (Fsp3) is 0.222. The highest BCUT2D eigenvalue weighted by Gasteiger charge is 2.12. The van der Waals surface area contributed by atoms with Gasteiger partial charge in [-0.2, -0.15) is 0 Å². The van der Waals surface area contributed by atoms with E-state index in [9.17, 15) is 0 Å². The van der Waals surface area contributed by atoms with Gasteiger partial charge in [0.05, 0.1) is 13.2 Å². The lowest BCUT2D eigenvalue weighted by atomic mass is 10.2. The Morgan fingerprint density at radius 2 is 1.96 bits per heavy atom. The van der Waals surface area contributed by atoms with Gasteiger partial charge in [-0.25, -0.2) is 0 Å². The lowest BCUT2D eigenvalue weighted by Crippen LogP contribution is -2.36. The van der Waals surface area contributed by atoms with Crippen LogP contribution in [0.25, 0.3) is 6.08 Å².